The zero-order valence-corrected chi connectivity index (χ0v) is 14.1. The molecular weight excluding hydrogens is 318 g/mol. The highest BCUT2D eigenvalue weighted by atomic mass is 35.5. The number of carbonyl (C=O) groups is 2. The summed E-state index contributed by atoms with van der Waals surface area (Å²) in [5, 5.41) is 2.86. The molecule has 1 aliphatic heterocycles. The largest absolute Gasteiger partial charge is 0.492 e. The number of hydrogen-bond acceptors (Lipinski definition) is 4. The van der Waals surface area contributed by atoms with Crippen LogP contribution in [0.5, 0.6) is 5.75 Å². The summed E-state index contributed by atoms with van der Waals surface area (Å²) < 4.78 is 5.59. The van der Waals surface area contributed by atoms with Crippen molar-refractivity contribution >= 4 is 24.2 Å². The van der Waals surface area contributed by atoms with Gasteiger partial charge < -0.3 is 20.7 Å². The Hall–Kier alpha value is -1.79. The van der Waals surface area contributed by atoms with Gasteiger partial charge in [0.2, 0.25) is 11.8 Å². The van der Waals surface area contributed by atoms with Crippen LogP contribution in [0.25, 0.3) is 0 Å². The number of benzene rings is 1. The van der Waals surface area contributed by atoms with Gasteiger partial charge in [0, 0.05) is 25.4 Å². The number of para-hydroxylation sites is 1. The lowest BCUT2D eigenvalue weighted by molar-refractivity contribution is -0.128. The number of amides is 2. The molecule has 0 spiro atoms. The predicted molar refractivity (Wildman–Crippen MR) is 90.6 cm³/mol. The standard InChI is InChI=1S/C16H23N3O3.ClH/c1-12(17)9-15(20)18-13-10-16(21)19(11-13)7-8-22-14-5-3-2-4-6-14;/h2-6,12-13H,7-11,17H2,1H3,(H,18,20);1H. The second kappa shape index (κ2) is 9.37. The summed E-state index contributed by atoms with van der Waals surface area (Å²) in [5.74, 6) is 0.730. The molecule has 7 heteroatoms. The minimum atomic E-state index is -0.174. The van der Waals surface area contributed by atoms with Crippen molar-refractivity contribution in [1.29, 1.82) is 0 Å². The SMILES string of the molecule is CC(N)CC(=O)NC1CC(=O)N(CCOc2ccccc2)C1.Cl. The molecule has 1 aliphatic rings. The van der Waals surface area contributed by atoms with E-state index in [-0.39, 0.29) is 42.7 Å². The molecule has 0 aliphatic carbocycles. The molecule has 6 nitrogen and oxygen atoms in total. The van der Waals surface area contributed by atoms with Crippen molar-refractivity contribution in [2.45, 2.75) is 31.8 Å². The molecule has 0 aromatic heterocycles. The van der Waals surface area contributed by atoms with Gasteiger partial charge in [0.25, 0.3) is 0 Å². The molecule has 3 N–H and O–H groups in total. The maximum absolute atomic E-state index is 11.9. The summed E-state index contributed by atoms with van der Waals surface area (Å²) in [4.78, 5) is 25.3. The summed E-state index contributed by atoms with van der Waals surface area (Å²) in [6.45, 7) is 3.28. The first kappa shape index (κ1) is 19.3. The summed E-state index contributed by atoms with van der Waals surface area (Å²) >= 11 is 0. The summed E-state index contributed by atoms with van der Waals surface area (Å²) in [5.41, 5.74) is 5.59. The molecule has 2 rings (SSSR count). The van der Waals surface area contributed by atoms with E-state index in [2.05, 4.69) is 5.32 Å². The van der Waals surface area contributed by atoms with Gasteiger partial charge in [-0.3, -0.25) is 9.59 Å². The first-order chi connectivity index (χ1) is 10.5. The molecule has 1 fully saturated rings. The van der Waals surface area contributed by atoms with Gasteiger partial charge in [-0.2, -0.15) is 0 Å². The zero-order chi connectivity index (χ0) is 15.9. The van der Waals surface area contributed by atoms with Crippen molar-refractivity contribution in [3.05, 3.63) is 30.3 Å². The lowest BCUT2D eigenvalue weighted by Crippen LogP contribution is -2.39. The van der Waals surface area contributed by atoms with E-state index in [9.17, 15) is 9.59 Å². The Balaban J connectivity index is 0.00000264. The van der Waals surface area contributed by atoms with E-state index in [4.69, 9.17) is 10.5 Å². The normalized spacial score (nSPS) is 18.3. The third-order valence-corrected chi connectivity index (χ3v) is 3.46. The van der Waals surface area contributed by atoms with Crippen LogP contribution in [-0.2, 0) is 9.59 Å². The first-order valence-electron chi connectivity index (χ1n) is 7.55. The lowest BCUT2D eigenvalue weighted by Gasteiger charge is -2.17. The molecule has 1 heterocycles. The van der Waals surface area contributed by atoms with Crippen LogP contribution in [0.4, 0.5) is 0 Å². The first-order valence-corrected chi connectivity index (χ1v) is 7.55. The predicted octanol–water partition coefficient (Wildman–Crippen LogP) is 0.942. The summed E-state index contributed by atoms with van der Waals surface area (Å²) in [6, 6.07) is 9.18. The fourth-order valence-corrected chi connectivity index (χ4v) is 2.45. The molecule has 2 amide bonds. The Morgan fingerprint density at radius 2 is 2.13 bits per heavy atom. The fraction of sp³-hybridized carbons (Fsp3) is 0.500. The molecule has 2 atom stereocenters. The molecule has 0 saturated carbocycles. The Labute approximate surface area is 142 Å². The molecule has 2 unspecified atom stereocenters. The second-order valence-corrected chi connectivity index (χ2v) is 5.65. The molecular formula is C16H24ClN3O3. The minimum absolute atomic E-state index is 0. The highest BCUT2D eigenvalue weighted by molar-refractivity contribution is 5.85. The minimum Gasteiger partial charge on any atom is -0.492 e. The van der Waals surface area contributed by atoms with E-state index < -0.39 is 0 Å². The monoisotopic (exact) mass is 341 g/mol. The highest BCUT2D eigenvalue weighted by Crippen LogP contribution is 2.12. The zero-order valence-electron chi connectivity index (χ0n) is 13.2. The number of nitrogens with one attached hydrogen (secondary N) is 1. The van der Waals surface area contributed by atoms with Crippen LogP contribution in [0.1, 0.15) is 19.8 Å². The number of likely N-dealkylation sites (tertiary alicyclic amines) is 1. The van der Waals surface area contributed by atoms with Gasteiger partial charge in [-0.25, -0.2) is 0 Å². The lowest BCUT2D eigenvalue weighted by atomic mass is 10.2. The Morgan fingerprint density at radius 1 is 1.43 bits per heavy atom. The second-order valence-electron chi connectivity index (χ2n) is 5.65. The van der Waals surface area contributed by atoms with Crippen LogP contribution < -0.4 is 15.8 Å². The van der Waals surface area contributed by atoms with Gasteiger partial charge in [0.15, 0.2) is 0 Å². The third kappa shape index (κ3) is 6.46. The van der Waals surface area contributed by atoms with E-state index in [0.29, 0.717) is 26.1 Å². The average Bonchev–Trinajstić information content (AvgIpc) is 2.79. The maximum Gasteiger partial charge on any atom is 0.224 e. The number of rotatable bonds is 7. The van der Waals surface area contributed by atoms with Crippen LogP contribution in [0.3, 0.4) is 0 Å². The van der Waals surface area contributed by atoms with Gasteiger partial charge in [-0.15, -0.1) is 12.4 Å². The number of halogens is 1. The topological polar surface area (TPSA) is 84.7 Å². The van der Waals surface area contributed by atoms with Gasteiger partial charge in [0.05, 0.1) is 12.6 Å². The van der Waals surface area contributed by atoms with Crippen molar-refractivity contribution < 1.29 is 14.3 Å². The van der Waals surface area contributed by atoms with Gasteiger partial charge in [-0.05, 0) is 19.1 Å². The van der Waals surface area contributed by atoms with Crippen LogP contribution in [0.2, 0.25) is 0 Å². The molecule has 1 aromatic rings. The number of nitrogens with two attached hydrogens (primary N) is 1. The van der Waals surface area contributed by atoms with Crippen LogP contribution >= 0.6 is 12.4 Å². The maximum atomic E-state index is 11.9. The van der Waals surface area contributed by atoms with Crippen molar-refractivity contribution in [3.8, 4) is 5.75 Å². The van der Waals surface area contributed by atoms with E-state index in [1.807, 2.05) is 30.3 Å². The number of carbonyl (C=O) groups excluding carboxylic acids is 2. The van der Waals surface area contributed by atoms with E-state index in [1.54, 1.807) is 11.8 Å². The van der Waals surface area contributed by atoms with Gasteiger partial charge in [0.1, 0.15) is 12.4 Å². The third-order valence-electron chi connectivity index (χ3n) is 3.46. The van der Waals surface area contributed by atoms with Gasteiger partial charge in [-0.1, -0.05) is 18.2 Å². The Bertz CT molecular complexity index is 511. The smallest absolute Gasteiger partial charge is 0.224 e. The van der Waals surface area contributed by atoms with Crippen molar-refractivity contribution in [3.63, 3.8) is 0 Å². The number of hydrogen-bond donors (Lipinski definition) is 2. The Kier molecular flexibility index (Phi) is 7.85. The summed E-state index contributed by atoms with van der Waals surface area (Å²) in [7, 11) is 0. The number of ether oxygens (including phenoxy) is 1. The van der Waals surface area contributed by atoms with Crippen LogP contribution in [0, 0.1) is 0 Å². The average molecular weight is 342 g/mol. The molecule has 128 valence electrons. The van der Waals surface area contributed by atoms with E-state index in [0.717, 1.165) is 5.75 Å². The van der Waals surface area contributed by atoms with Crippen molar-refractivity contribution in [2.24, 2.45) is 5.73 Å². The van der Waals surface area contributed by atoms with Crippen molar-refractivity contribution in [2.75, 3.05) is 19.7 Å². The summed E-state index contributed by atoms with van der Waals surface area (Å²) in [6.07, 6.45) is 0.623. The molecule has 1 saturated heterocycles. The van der Waals surface area contributed by atoms with E-state index in [1.165, 1.54) is 0 Å². The van der Waals surface area contributed by atoms with Gasteiger partial charge >= 0.3 is 0 Å². The highest BCUT2D eigenvalue weighted by Gasteiger charge is 2.30. The Morgan fingerprint density at radius 3 is 2.78 bits per heavy atom. The quantitative estimate of drug-likeness (QED) is 0.773. The number of nitrogens with zero attached hydrogens (tertiary/aromatic N) is 1. The van der Waals surface area contributed by atoms with Crippen LogP contribution in [-0.4, -0.2) is 48.5 Å². The van der Waals surface area contributed by atoms with E-state index >= 15 is 0 Å². The fourth-order valence-electron chi connectivity index (χ4n) is 2.45. The molecule has 23 heavy (non-hydrogen) atoms. The molecule has 0 radical (unpaired) electrons. The molecule has 1 aromatic carbocycles. The molecule has 0 bridgehead atoms. The van der Waals surface area contributed by atoms with Crippen LogP contribution in [0.15, 0.2) is 30.3 Å². The van der Waals surface area contributed by atoms with Crippen molar-refractivity contribution in [1.82, 2.24) is 10.2 Å².